The highest BCUT2D eigenvalue weighted by atomic mass is 79.9. The van der Waals surface area contributed by atoms with Crippen LogP contribution in [-0.4, -0.2) is 30.0 Å². The van der Waals surface area contributed by atoms with E-state index in [0.29, 0.717) is 4.47 Å². The quantitative estimate of drug-likeness (QED) is 0.823. The summed E-state index contributed by atoms with van der Waals surface area (Å²) < 4.78 is 23.8. The number of hydrogen-bond donors (Lipinski definition) is 1. The Kier molecular flexibility index (Phi) is 3.61. The number of benzene rings is 1. The summed E-state index contributed by atoms with van der Waals surface area (Å²) in [6, 6.07) is 4.46. The minimum Gasteiger partial charge on any atom is -0.480 e. The Morgan fingerprint density at radius 2 is 1.84 bits per heavy atom. The van der Waals surface area contributed by atoms with Crippen LogP contribution in [0.15, 0.2) is 32.0 Å². The van der Waals surface area contributed by atoms with Crippen LogP contribution in [0, 0.1) is 0 Å². The van der Waals surface area contributed by atoms with Crippen LogP contribution in [0.4, 0.5) is 0 Å². The second-order valence-corrected chi connectivity index (χ2v) is 8.27. The molecule has 0 radical (unpaired) electrons. The zero-order chi connectivity index (χ0) is 14.4. The lowest BCUT2D eigenvalue weighted by atomic mass is 9.83. The van der Waals surface area contributed by atoms with E-state index in [1.807, 2.05) is 0 Å². The first-order valence-corrected chi connectivity index (χ1v) is 8.22. The Balaban J connectivity index is 2.62. The number of carboxylic acid groups (broad SMARTS) is 1. The zero-order valence-electron chi connectivity index (χ0n) is 9.39. The molecule has 0 aromatic heterocycles. The molecule has 0 amide bonds. The maximum Gasteiger partial charge on any atom is 0.326 e. The lowest BCUT2D eigenvalue weighted by molar-refractivity contribution is -0.147. The topological polar surface area (TPSA) is 88.5 Å². The normalized spacial score (nSPS) is 17.9. The van der Waals surface area contributed by atoms with Crippen molar-refractivity contribution < 1.29 is 23.1 Å². The third-order valence-electron chi connectivity index (χ3n) is 3.05. The van der Waals surface area contributed by atoms with Gasteiger partial charge in [0.25, 0.3) is 0 Å². The summed E-state index contributed by atoms with van der Waals surface area (Å²) in [6.45, 7) is 0. The highest BCUT2D eigenvalue weighted by Crippen LogP contribution is 2.43. The minimum absolute atomic E-state index is 0.128. The molecule has 1 N–H and O–H groups in total. The van der Waals surface area contributed by atoms with Gasteiger partial charge < -0.3 is 5.11 Å². The summed E-state index contributed by atoms with van der Waals surface area (Å²) in [7, 11) is -4.15. The van der Waals surface area contributed by atoms with E-state index in [1.165, 1.54) is 12.1 Å². The van der Waals surface area contributed by atoms with Gasteiger partial charge in [0.15, 0.2) is 14.6 Å². The molecule has 5 nitrogen and oxygen atoms in total. The van der Waals surface area contributed by atoms with Crippen LogP contribution in [0.25, 0.3) is 0 Å². The molecule has 0 heterocycles. The Hall–Kier alpha value is -0.730. The van der Waals surface area contributed by atoms with Crippen LogP contribution in [0.5, 0.6) is 0 Å². The SMILES string of the molecule is O=C1CC(C(=O)O)(S(=O)(=O)c2cc(Br)ccc2Br)C1. The van der Waals surface area contributed by atoms with Gasteiger partial charge in [-0.05, 0) is 34.1 Å². The minimum atomic E-state index is -4.15. The number of Topliss-reactive ketones (excluding diaryl/α,β-unsaturated/α-hetero) is 1. The molecule has 0 aliphatic heterocycles. The number of ketones is 1. The maximum absolute atomic E-state index is 12.5. The van der Waals surface area contributed by atoms with Gasteiger partial charge in [-0.1, -0.05) is 15.9 Å². The molecule has 0 bridgehead atoms. The number of hydrogen-bond acceptors (Lipinski definition) is 4. The second-order valence-electron chi connectivity index (χ2n) is 4.27. The molecular weight excluding hydrogens is 404 g/mol. The van der Waals surface area contributed by atoms with Gasteiger partial charge in [-0.15, -0.1) is 0 Å². The predicted molar refractivity (Wildman–Crippen MR) is 73.6 cm³/mol. The molecule has 8 heteroatoms. The molecule has 0 spiro atoms. The highest BCUT2D eigenvalue weighted by molar-refractivity contribution is 9.11. The first kappa shape index (κ1) is 14.7. The van der Waals surface area contributed by atoms with Crippen molar-refractivity contribution in [3.05, 3.63) is 27.1 Å². The molecule has 1 aliphatic rings. The number of halogens is 2. The molecule has 1 aromatic carbocycles. The average molecular weight is 412 g/mol. The van der Waals surface area contributed by atoms with E-state index in [1.54, 1.807) is 6.07 Å². The van der Waals surface area contributed by atoms with Crippen LogP contribution in [0.1, 0.15) is 12.8 Å². The summed E-state index contributed by atoms with van der Waals surface area (Å²) in [5.74, 6) is -1.85. The third-order valence-corrected chi connectivity index (χ3v) is 6.91. The standard InChI is InChI=1S/C11H8Br2O5S/c12-6-1-2-8(13)9(3-6)19(17,18)11(10(15)16)4-7(14)5-11/h1-3H,4-5H2,(H,15,16). The number of carbonyl (C=O) groups excluding carboxylic acids is 1. The Bertz CT molecular complexity index is 672. The van der Waals surface area contributed by atoms with Crippen molar-refractivity contribution in [2.24, 2.45) is 0 Å². The van der Waals surface area contributed by atoms with Gasteiger partial charge in [-0.3, -0.25) is 9.59 Å². The number of carbonyl (C=O) groups is 2. The molecule has 1 fully saturated rings. The third kappa shape index (κ3) is 2.15. The van der Waals surface area contributed by atoms with E-state index in [-0.39, 0.29) is 15.2 Å². The molecule has 1 saturated carbocycles. The van der Waals surface area contributed by atoms with Gasteiger partial charge in [0, 0.05) is 21.8 Å². The lowest BCUT2D eigenvalue weighted by Crippen LogP contribution is -2.56. The van der Waals surface area contributed by atoms with Crippen molar-refractivity contribution in [2.45, 2.75) is 22.5 Å². The summed E-state index contributed by atoms with van der Waals surface area (Å²) >= 11 is 6.24. The van der Waals surface area contributed by atoms with E-state index in [9.17, 15) is 23.1 Å². The molecule has 2 rings (SSSR count). The molecule has 0 unspecified atom stereocenters. The molecular formula is C11H8Br2O5S. The van der Waals surface area contributed by atoms with Gasteiger partial charge in [-0.2, -0.15) is 0 Å². The van der Waals surface area contributed by atoms with Crippen molar-refractivity contribution in [1.29, 1.82) is 0 Å². The number of sulfone groups is 1. The van der Waals surface area contributed by atoms with Gasteiger partial charge in [-0.25, -0.2) is 8.42 Å². The Labute approximate surface area is 126 Å². The fourth-order valence-electron chi connectivity index (χ4n) is 1.94. The molecule has 0 saturated heterocycles. The first-order valence-electron chi connectivity index (χ1n) is 5.15. The summed E-state index contributed by atoms with van der Waals surface area (Å²) in [5.41, 5.74) is 0. The summed E-state index contributed by atoms with van der Waals surface area (Å²) in [5, 5.41) is 9.20. The van der Waals surface area contributed by atoms with E-state index >= 15 is 0 Å². The fraction of sp³-hybridized carbons (Fsp3) is 0.273. The summed E-state index contributed by atoms with van der Waals surface area (Å²) in [4.78, 5) is 22.3. The molecule has 1 aromatic rings. The molecule has 102 valence electrons. The smallest absolute Gasteiger partial charge is 0.326 e. The highest BCUT2D eigenvalue weighted by Gasteiger charge is 2.61. The predicted octanol–water partition coefficient (Wildman–Crippen LogP) is 2.17. The van der Waals surface area contributed by atoms with Crippen molar-refractivity contribution >= 4 is 53.4 Å². The maximum atomic E-state index is 12.5. The van der Waals surface area contributed by atoms with E-state index in [4.69, 9.17) is 0 Å². The lowest BCUT2D eigenvalue weighted by Gasteiger charge is -2.35. The van der Waals surface area contributed by atoms with Crippen LogP contribution < -0.4 is 0 Å². The fourth-order valence-corrected chi connectivity index (χ4v) is 5.29. The van der Waals surface area contributed by atoms with Gasteiger partial charge in [0.05, 0.1) is 4.90 Å². The second kappa shape index (κ2) is 4.68. The largest absolute Gasteiger partial charge is 0.480 e. The number of carboxylic acids is 1. The number of aliphatic carboxylic acids is 1. The van der Waals surface area contributed by atoms with Crippen LogP contribution in [-0.2, 0) is 19.4 Å². The van der Waals surface area contributed by atoms with Crippen molar-refractivity contribution in [3.8, 4) is 0 Å². The first-order chi connectivity index (χ1) is 8.70. The monoisotopic (exact) mass is 410 g/mol. The zero-order valence-corrected chi connectivity index (χ0v) is 13.4. The van der Waals surface area contributed by atoms with Crippen molar-refractivity contribution in [2.75, 3.05) is 0 Å². The van der Waals surface area contributed by atoms with Crippen molar-refractivity contribution in [3.63, 3.8) is 0 Å². The Morgan fingerprint density at radius 1 is 1.26 bits per heavy atom. The molecule has 19 heavy (non-hydrogen) atoms. The number of rotatable bonds is 3. The Morgan fingerprint density at radius 3 is 2.32 bits per heavy atom. The van der Waals surface area contributed by atoms with Crippen molar-refractivity contribution in [1.82, 2.24) is 0 Å². The van der Waals surface area contributed by atoms with E-state index < -0.39 is 33.4 Å². The van der Waals surface area contributed by atoms with Crippen LogP contribution in [0.2, 0.25) is 0 Å². The van der Waals surface area contributed by atoms with E-state index in [0.717, 1.165) is 0 Å². The van der Waals surface area contributed by atoms with Gasteiger partial charge in [0.1, 0.15) is 5.78 Å². The van der Waals surface area contributed by atoms with Crippen LogP contribution >= 0.6 is 31.9 Å². The van der Waals surface area contributed by atoms with Gasteiger partial charge in [0.2, 0.25) is 0 Å². The molecule has 1 aliphatic carbocycles. The average Bonchev–Trinajstić information content (AvgIpc) is 2.27. The van der Waals surface area contributed by atoms with Gasteiger partial charge >= 0.3 is 5.97 Å². The molecule has 0 atom stereocenters. The van der Waals surface area contributed by atoms with Crippen LogP contribution in [0.3, 0.4) is 0 Å². The van der Waals surface area contributed by atoms with E-state index in [2.05, 4.69) is 31.9 Å². The summed E-state index contributed by atoms with van der Waals surface area (Å²) in [6.07, 6.45) is -0.965.